The minimum absolute atomic E-state index is 0.0702. The van der Waals surface area contributed by atoms with Crippen LogP contribution in [0.15, 0.2) is 0 Å². The molecule has 1 saturated heterocycles. The molecule has 0 spiro atoms. The van der Waals surface area contributed by atoms with Crippen molar-refractivity contribution in [2.24, 2.45) is 5.92 Å². The molecular formula is C16H32N2O. The van der Waals surface area contributed by atoms with E-state index in [-0.39, 0.29) is 6.10 Å². The Kier molecular flexibility index (Phi) is 6.11. The molecule has 0 amide bonds. The van der Waals surface area contributed by atoms with E-state index in [0.29, 0.717) is 12.1 Å². The highest BCUT2D eigenvalue weighted by Crippen LogP contribution is 2.25. The third-order valence-corrected chi connectivity index (χ3v) is 4.85. The number of hydrogen-bond donors (Lipinski definition) is 2. The normalized spacial score (nSPS) is 30.9. The van der Waals surface area contributed by atoms with Crippen LogP contribution in [0.2, 0.25) is 0 Å². The zero-order valence-corrected chi connectivity index (χ0v) is 12.8. The lowest BCUT2D eigenvalue weighted by atomic mass is 9.89. The van der Waals surface area contributed by atoms with Gasteiger partial charge in [0.25, 0.3) is 0 Å². The van der Waals surface area contributed by atoms with Crippen LogP contribution < -0.4 is 5.32 Å². The van der Waals surface area contributed by atoms with Crippen LogP contribution in [-0.4, -0.2) is 47.8 Å². The van der Waals surface area contributed by atoms with Crippen molar-refractivity contribution in [2.75, 3.05) is 19.6 Å². The Labute approximate surface area is 118 Å². The van der Waals surface area contributed by atoms with Crippen molar-refractivity contribution in [3.63, 3.8) is 0 Å². The van der Waals surface area contributed by atoms with Gasteiger partial charge in [0.05, 0.1) is 6.10 Å². The first-order valence-electron chi connectivity index (χ1n) is 8.32. The molecule has 2 atom stereocenters. The summed E-state index contributed by atoms with van der Waals surface area (Å²) in [6.45, 7) is 8.07. The topological polar surface area (TPSA) is 35.5 Å². The lowest BCUT2D eigenvalue weighted by molar-refractivity contribution is 0.00720. The summed E-state index contributed by atoms with van der Waals surface area (Å²) < 4.78 is 0. The first-order chi connectivity index (χ1) is 9.16. The van der Waals surface area contributed by atoms with E-state index in [2.05, 4.69) is 24.1 Å². The van der Waals surface area contributed by atoms with Crippen LogP contribution in [0.1, 0.15) is 58.8 Å². The highest BCUT2D eigenvalue weighted by atomic mass is 16.3. The average molecular weight is 268 g/mol. The summed E-state index contributed by atoms with van der Waals surface area (Å²) in [4.78, 5) is 2.55. The summed E-state index contributed by atoms with van der Waals surface area (Å²) in [6, 6.07) is 1.15. The van der Waals surface area contributed by atoms with Gasteiger partial charge in [-0.1, -0.05) is 26.7 Å². The Morgan fingerprint density at radius 3 is 2.42 bits per heavy atom. The van der Waals surface area contributed by atoms with Gasteiger partial charge in [0.15, 0.2) is 0 Å². The molecule has 1 aliphatic carbocycles. The number of nitrogens with zero attached hydrogens (tertiary/aromatic N) is 1. The zero-order valence-electron chi connectivity index (χ0n) is 12.8. The van der Waals surface area contributed by atoms with E-state index in [4.69, 9.17) is 0 Å². The van der Waals surface area contributed by atoms with E-state index in [9.17, 15) is 5.11 Å². The summed E-state index contributed by atoms with van der Waals surface area (Å²) in [5.74, 6) is 0.796. The predicted molar refractivity (Wildman–Crippen MR) is 80.3 cm³/mol. The molecular weight excluding hydrogens is 236 g/mol. The van der Waals surface area contributed by atoms with Gasteiger partial charge >= 0.3 is 0 Å². The Morgan fingerprint density at radius 2 is 1.79 bits per heavy atom. The Balaban J connectivity index is 1.67. The van der Waals surface area contributed by atoms with Crippen molar-refractivity contribution in [3.05, 3.63) is 0 Å². The van der Waals surface area contributed by atoms with E-state index in [1.165, 1.54) is 51.6 Å². The molecule has 0 bridgehead atoms. The van der Waals surface area contributed by atoms with Crippen molar-refractivity contribution in [2.45, 2.75) is 77.0 Å². The van der Waals surface area contributed by atoms with E-state index >= 15 is 0 Å². The maximum absolute atomic E-state index is 10.1. The van der Waals surface area contributed by atoms with Gasteiger partial charge < -0.3 is 10.4 Å². The SMILES string of the molecule is CC(C)CCNC1CCN([C@H]2CCCC[C@H]2O)CC1. The quantitative estimate of drug-likeness (QED) is 0.803. The molecule has 2 N–H and O–H groups in total. The number of aliphatic hydroxyl groups excluding tert-OH is 1. The van der Waals surface area contributed by atoms with E-state index in [0.717, 1.165) is 18.9 Å². The fraction of sp³-hybridized carbons (Fsp3) is 1.00. The van der Waals surface area contributed by atoms with E-state index < -0.39 is 0 Å². The minimum Gasteiger partial charge on any atom is -0.391 e. The highest BCUT2D eigenvalue weighted by Gasteiger charge is 2.31. The Morgan fingerprint density at radius 1 is 1.11 bits per heavy atom. The maximum Gasteiger partial charge on any atom is 0.0695 e. The lowest BCUT2D eigenvalue weighted by Gasteiger charge is -2.41. The average Bonchev–Trinajstić information content (AvgIpc) is 2.40. The Hall–Kier alpha value is -0.120. The molecule has 3 nitrogen and oxygen atoms in total. The fourth-order valence-electron chi connectivity index (χ4n) is 3.53. The second-order valence-corrected chi connectivity index (χ2v) is 6.87. The van der Waals surface area contributed by atoms with Crippen LogP contribution >= 0.6 is 0 Å². The number of piperidine rings is 1. The van der Waals surface area contributed by atoms with Crippen molar-refractivity contribution in [1.29, 1.82) is 0 Å². The lowest BCUT2D eigenvalue weighted by Crippen LogP contribution is -2.51. The van der Waals surface area contributed by atoms with Crippen molar-refractivity contribution >= 4 is 0 Å². The van der Waals surface area contributed by atoms with Crippen molar-refractivity contribution in [3.8, 4) is 0 Å². The second kappa shape index (κ2) is 7.61. The van der Waals surface area contributed by atoms with Gasteiger partial charge in [-0.3, -0.25) is 4.90 Å². The Bertz CT molecular complexity index is 249. The number of likely N-dealkylation sites (tertiary alicyclic amines) is 1. The predicted octanol–water partition coefficient (Wildman–Crippen LogP) is 2.39. The summed E-state index contributed by atoms with van der Waals surface area (Å²) in [5.41, 5.74) is 0. The first-order valence-corrected chi connectivity index (χ1v) is 8.32. The van der Waals surface area contributed by atoms with Gasteiger partial charge in [0.2, 0.25) is 0 Å². The molecule has 2 fully saturated rings. The number of nitrogens with one attached hydrogen (secondary N) is 1. The van der Waals surface area contributed by atoms with Crippen molar-refractivity contribution in [1.82, 2.24) is 10.2 Å². The van der Waals surface area contributed by atoms with Gasteiger partial charge in [0.1, 0.15) is 0 Å². The van der Waals surface area contributed by atoms with Crippen molar-refractivity contribution < 1.29 is 5.11 Å². The molecule has 1 aliphatic heterocycles. The molecule has 1 saturated carbocycles. The number of hydrogen-bond acceptors (Lipinski definition) is 3. The molecule has 0 aromatic carbocycles. The second-order valence-electron chi connectivity index (χ2n) is 6.87. The molecule has 2 aliphatic rings. The molecule has 112 valence electrons. The molecule has 0 aromatic heterocycles. The van der Waals surface area contributed by atoms with Gasteiger partial charge in [-0.2, -0.15) is 0 Å². The van der Waals surface area contributed by atoms with Gasteiger partial charge in [-0.25, -0.2) is 0 Å². The summed E-state index contributed by atoms with van der Waals surface area (Å²) in [5, 5.41) is 13.8. The molecule has 0 unspecified atom stereocenters. The van der Waals surface area contributed by atoms with E-state index in [1.807, 2.05) is 0 Å². The maximum atomic E-state index is 10.1. The summed E-state index contributed by atoms with van der Waals surface area (Å²) >= 11 is 0. The molecule has 19 heavy (non-hydrogen) atoms. The smallest absolute Gasteiger partial charge is 0.0695 e. The van der Waals surface area contributed by atoms with Gasteiger partial charge in [-0.15, -0.1) is 0 Å². The molecule has 3 heteroatoms. The number of rotatable bonds is 5. The van der Waals surface area contributed by atoms with Gasteiger partial charge in [-0.05, 0) is 44.6 Å². The van der Waals surface area contributed by atoms with Crippen LogP contribution in [0.25, 0.3) is 0 Å². The summed E-state index contributed by atoms with van der Waals surface area (Å²) in [7, 11) is 0. The first kappa shape index (κ1) is 15.3. The minimum atomic E-state index is -0.0702. The zero-order chi connectivity index (χ0) is 13.7. The third-order valence-electron chi connectivity index (χ3n) is 4.85. The van der Waals surface area contributed by atoms with Crippen LogP contribution in [0, 0.1) is 5.92 Å². The third kappa shape index (κ3) is 4.73. The molecule has 0 aromatic rings. The van der Waals surface area contributed by atoms with Crippen LogP contribution in [0.4, 0.5) is 0 Å². The summed E-state index contributed by atoms with van der Waals surface area (Å²) in [6.07, 6.45) is 8.44. The molecule has 2 rings (SSSR count). The highest BCUT2D eigenvalue weighted by molar-refractivity contribution is 4.87. The fourth-order valence-corrected chi connectivity index (χ4v) is 3.53. The van der Waals surface area contributed by atoms with Crippen LogP contribution in [0.3, 0.4) is 0 Å². The molecule has 0 radical (unpaired) electrons. The van der Waals surface area contributed by atoms with Crippen LogP contribution in [-0.2, 0) is 0 Å². The van der Waals surface area contributed by atoms with E-state index in [1.54, 1.807) is 0 Å². The molecule has 1 heterocycles. The standard InChI is InChI=1S/C16H32N2O/c1-13(2)7-10-17-14-8-11-18(12-9-14)15-5-3-4-6-16(15)19/h13-17,19H,3-12H2,1-2H3/t15-,16+/m0/s1. The van der Waals surface area contributed by atoms with Gasteiger partial charge in [0, 0.05) is 25.2 Å². The van der Waals surface area contributed by atoms with Crippen LogP contribution in [0.5, 0.6) is 0 Å². The largest absolute Gasteiger partial charge is 0.391 e. The monoisotopic (exact) mass is 268 g/mol. The number of aliphatic hydroxyl groups is 1.